The van der Waals surface area contributed by atoms with Gasteiger partial charge in [0.1, 0.15) is 0 Å². The van der Waals surface area contributed by atoms with Gasteiger partial charge in [0.2, 0.25) is 0 Å². The first-order valence-electron chi connectivity index (χ1n) is 8.20. The monoisotopic (exact) mass is 278 g/mol. The van der Waals surface area contributed by atoms with Crippen molar-refractivity contribution in [1.82, 2.24) is 14.7 Å². The molecule has 0 aliphatic heterocycles. The molecule has 0 spiro atoms. The summed E-state index contributed by atoms with van der Waals surface area (Å²) >= 11 is 0. The molecule has 1 aliphatic carbocycles. The Morgan fingerprint density at radius 3 is 2.60 bits per heavy atom. The maximum atomic E-state index is 6.19. The summed E-state index contributed by atoms with van der Waals surface area (Å²) in [5.41, 5.74) is 7.73. The predicted octanol–water partition coefficient (Wildman–Crippen LogP) is 2.78. The second-order valence-corrected chi connectivity index (χ2v) is 6.11. The third kappa shape index (κ3) is 3.41. The van der Waals surface area contributed by atoms with Crippen LogP contribution in [0.5, 0.6) is 0 Å². The van der Waals surface area contributed by atoms with E-state index < -0.39 is 0 Å². The highest BCUT2D eigenvalue weighted by atomic mass is 15.3. The molecule has 1 aromatic heterocycles. The van der Waals surface area contributed by atoms with Crippen molar-refractivity contribution in [1.29, 1.82) is 0 Å². The lowest BCUT2D eigenvalue weighted by molar-refractivity contribution is 0.0494. The molecule has 20 heavy (non-hydrogen) atoms. The van der Waals surface area contributed by atoms with Crippen molar-refractivity contribution in [3.05, 3.63) is 18.0 Å². The predicted molar refractivity (Wildman–Crippen MR) is 83.5 cm³/mol. The Hall–Kier alpha value is -0.870. The fraction of sp³-hybridized carbons (Fsp3) is 0.812. The average Bonchev–Trinajstić information content (AvgIpc) is 2.95. The Labute approximate surface area is 123 Å². The van der Waals surface area contributed by atoms with Gasteiger partial charge < -0.3 is 5.73 Å². The molecule has 0 amide bonds. The van der Waals surface area contributed by atoms with E-state index in [1.54, 1.807) is 0 Å². The van der Waals surface area contributed by atoms with Gasteiger partial charge in [-0.3, -0.25) is 9.58 Å². The molecule has 0 aromatic carbocycles. The molecule has 0 bridgehead atoms. The van der Waals surface area contributed by atoms with E-state index in [0.717, 1.165) is 26.2 Å². The van der Waals surface area contributed by atoms with Gasteiger partial charge in [-0.25, -0.2) is 0 Å². The summed E-state index contributed by atoms with van der Waals surface area (Å²) in [6.45, 7) is 8.24. The quantitative estimate of drug-likeness (QED) is 0.834. The Bertz CT molecular complexity index is 393. The van der Waals surface area contributed by atoms with Crippen molar-refractivity contribution >= 4 is 0 Å². The van der Waals surface area contributed by atoms with Gasteiger partial charge in [0.25, 0.3) is 0 Å². The Morgan fingerprint density at radius 1 is 1.30 bits per heavy atom. The summed E-state index contributed by atoms with van der Waals surface area (Å²) in [6.07, 6.45) is 11.9. The number of aromatic nitrogens is 2. The molecule has 4 heteroatoms. The van der Waals surface area contributed by atoms with E-state index in [9.17, 15) is 0 Å². The normalized spacial score (nSPS) is 18.6. The highest BCUT2D eigenvalue weighted by Gasteiger charge is 2.36. The molecule has 1 saturated carbocycles. The van der Waals surface area contributed by atoms with Crippen molar-refractivity contribution in [2.24, 2.45) is 5.73 Å². The van der Waals surface area contributed by atoms with Gasteiger partial charge in [0.05, 0.1) is 6.20 Å². The van der Waals surface area contributed by atoms with Gasteiger partial charge in [-0.1, -0.05) is 26.2 Å². The first-order chi connectivity index (χ1) is 9.74. The van der Waals surface area contributed by atoms with Crippen LogP contribution in [0.1, 0.15) is 57.9 Å². The van der Waals surface area contributed by atoms with Crippen LogP contribution in [0.4, 0.5) is 0 Å². The standard InChI is InChI=1S/C16H30N4/c1-3-10-19(12-15-11-18-20(4-2)13-15)16(14-17)8-6-5-7-9-16/h11,13H,3-10,12,14,17H2,1-2H3. The lowest BCUT2D eigenvalue weighted by Crippen LogP contribution is -2.54. The van der Waals surface area contributed by atoms with Crippen molar-refractivity contribution in [2.45, 2.75) is 71.0 Å². The molecule has 114 valence electrons. The van der Waals surface area contributed by atoms with Crippen LogP contribution >= 0.6 is 0 Å². The van der Waals surface area contributed by atoms with Crippen molar-refractivity contribution < 1.29 is 0 Å². The first-order valence-corrected chi connectivity index (χ1v) is 8.20. The van der Waals surface area contributed by atoms with Gasteiger partial charge in [-0.2, -0.15) is 5.10 Å². The first kappa shape index (κ1) is 15.5. The molecule has 2 N–H and O–H groups in total. The van der Waals surface area contributed by atoms with Gasteiger partial charge in [-0.15, -0.1) is 0 Å². The van der Waals surface area contributed by atoms with Crippen LogP contribution in [0.2, 0.25) is 0 Å². The number of hydrogen-bond donors (Lipinski definition) is 1. The second kappa shape index (κ2) is 7.23. The summed E-state index contributed by atoms with van der Waals surface area (Å²) in [4.78, 5) is 2.63. The maximum absolute atomic E-state index is 6.19. The third-order valence-corrected chi connectivity index (χ3v) is 4.71. The number of hydrogen-bond acceptors (Lipinski definition) is 3. The topological polar surface area (TPSA) is 47.1 Å². The van der Waals surface area contributed by atoms with Gasteiger partial charge in [0.15, 0.2) is 0 Å². The van der Waals surface area contributed by atoms with Gasteiger partial charge in [0, 0.05) is 36.9 Å². The largest absolute Gasteiger partial charge is 0.329 e. The minimum Gasteiger partial charge on any atom is -0.329 e. The molecule has 0 atom stereocenters. The van der Waals surface area contributed by atoms with Crippen LogP contribution in [0.15, 0.2) is 12.4 Å². The van der Waals surface area contributed by atoms with E-state index in [4.69, 9.17) is 5.73 Å². The van der Waals surface area contributed by atoms with Gasteiger partial charge in [-0.05, 0) is 32.7 Å². The summed E-state index contributed by atoms with van der Waals surface area (Å²) in [6, 6.07) is 0. The van der Waals surface area contributed by atoms with E-state index in [1.807, 2.05) is 10.9 Å². The van der Waals surface area contributed by atoms with E-state index in [0.29, 0.717) is 0 Å². The molecule has 0 unspecified atom stereocenters. The van der Waals surface area contributed by atoms with Crippen LogP contribution in [0, 0.1) is 0 Å². The fourth-order valence-corrected chi connectivity index (χ4v) is 3.49. The third-order valence-electron chi connectivity index (χ3n) is 4.71. The zero-order valence-electron chi connectivity index (χ0n) is 13.1. The summed E-state index contributed by atoms with van der Waals surface area (Å²) < 4.78 is 2.01. The van der Waals surface area contributed by atoms with Crippen molar-refractivity contribution in [3.63, 3.8) is 0 Å². The molecule has 4 nitrogen and oxygen atoms in total. The molecule has 0 radical (unpaired) electrons. The van der Waals surface area contributed by atoms with E-state index in [2.05, 4.69) is 30.0 Å². The van der Waals surface area contributed by atoms with Crippen LogP contribution in [0.25, 0.3) is 0 Å². The number of aryl methyl sites for hydroxylation is 1. The summed E-state index contributed by atoms with van der Waals surface area (Å²) in [7, 11) is 0. The summed E-state index contributed by atoms with van der Waals surface area (Å²) in [5.74, 6) is 0. The Morgan fingerprint density at radius 2 is 2.05 bits per heavy atom. The van der Waals surface area contributed by atoms with Crippen molar-refractivity contribution in [3.8, 4) is 0 Å². The van der Waals surface area contributed by atoms with Gasteiger partial charge >= 0.3 is 0 Å². The highest BCUT2D eigenvalue weighted by molar-refractivity contribution is 5.06. The number of nitrogens with zero attached hydrogens (tertiary/aromatic N) is 3. The van der Waals surface area contributed by atoms with E-state index in [1.165, 1.54) is 44.1 Å². The molecule has 0 saturated heterocycles. The molecule has 1 aliphatic rings. The Kier molecular flexibility index (Phi) is 5.61. The van der Waals surface area contributed by atoms with Crippen molar-refractivity contribution in [2.75, 3.05) is 13.1 Å². The van der Waals surface area contributed by atoms with Crippen LogP contribution in [0.3, 0.4) is 0 Å². The van der Waals surface area contributed by atoms with E-state index >= 15 is 0 Å². The van der Waals surface area contributed by atoms with Crippen LogP contribution in [-0.2, 0) is 13.1 Å². The average molecular weight is 278 g/mol. The maximum Gasteiger partial charge on any atom is 0.0534 e. The Balaban J connectivity index is 2.11. The minimum absolute atomic E-state index is 0.225. The van der Waals surface area contributed by atoms with Crippen LogP contribution < -0.4 is 5.73 Å². The molecular weight excluding hydrogens is 248 g/mol. The second-order valence-electron chi connectivity index (χ2n) is 6.11. The lowest BCUT2D eigenvalue weighted by Gasteiger charge is -2.46. The fourth-order valence-electron chi connectivity index (χ4n) is 3.49. The number of nitrogens with two attached hydrogens (primary N) is 1. The molecule has 1 aromatic rings. The molecule has 1 fully saturated rings. The smallest absolute Gasteiger partial charge is 0.0534 e. The highest BCUT2D eigenvalue weighted by Crippen LogP contribution is 2.34. The summed E-state index contributed by atoms with van der Waals surface area (Å²) in [5, 5.41) is 4.40. The SMILES string of the molecule is CCCN(Cc1cnn(CC)c1)C1(CN)CCCCC1. The van der Waals surface area contributed by atoms with Crippen LogP contribution in [-0.4, -0.2) is 33.3 Å². The zero-order chi connectivity index (χ0) is 14.4. The zero-order valence-corrected chi connectivity index (χ0v) is 13.1. The molecule has 1 heterocycles. The molecular formula is C16H30N4. The minimum atomic E-state index is 0.225. The van der Waals surface area contributed by atoms with E-state index in [-0.39, 0.29) is 5.54 Å². The lowest BCUT2D eigenvalue weighted by atomic mass is 9.80. The molecule has 2 rings (SSSR count). The number of rotatable bonds is 7.